The SMILES string of the molecule is O=C(O)C1(C(Cc2ccccc2)S(=O)(=O)c2ccc(Oc3ccc(Cl)cc3)cc2)CCOCC1. The van der Waals surface area contributed by atoms with E-state index in [9.17, 15) is 18.3 Å². The molecule has 1 unspecified atom stereocenters. The summed E-state index contributed by atoms with van der Waals surface area (Å²) in [6, 6.07) is 22.0. The van der Waals surface area contributed by atoms with E-state index in [2.05, 4.69) is 0 Å². The van der Waals surface area contributed by atoms with Gasteiger partial charge in [0.25, 0.3) is 0 Å². The van der Waals surface area contributed by atoms with Crippen molar-refractivity contribution in [3.63, 3.8) is 0 Å². The van der Waals surface area contributed by atoms with Gasteiger partial charge in [0.05, 0.1) is 15.6 Å². The van der Waals surface area contributed by atoms with E-state index >= 15 is 0 Å². The second-order valence-corrected chi connectivity index (χ2v) is 10.9. The van der Waals surface area contributed by atoms with Gasteiger partial charge in [0.15, 0.2) is 9.84 Å². The summed E-state index contributed by atoms with van der Waals surface area (Å²) in [5.41, 5.74) is -0.670. The molecule has 3 aromatic rings. The van der Waals surface area contributed by atoms with E-state index in [4.69, 9.17) is 21.1 Å². The number of carboxylic acid groups (broad SMARTS) is 1. The fourth-order valence-corrected chi connectivity index (χ4v) is 6.65. The Bertz CT molecular complexity index is 1220. The van der Waals surface area contributed by atoms with Crippen molar-refractivity contribution in [2.24, 2.45) is 5.41 Å². The van der Waals surface area contributed by atoms with Gasteiger partial charge in [0, 0.05) is 18.2 Å². The maximum atomic E-state index is 13.9. The lowest BCUT2D eigenvalue weighted by Gasteiger charge is -2.39. The predicted molar refractivity (Wildman–Crippen MR) is 129 cm³/mol. The zero-order valence-corrected chi connectivity index (χ0v) is 20.0. The molecule has 8 heteroatoms. The third-order valence-corrected chi connectivity index (χ3v) is 8.82. The average molecular weight is 501 g/mol. The van der Waals surface area contributed by atoms with Crippen LogP contribution in [-0.4, -0.2) is 38.0 Å². The maximum absolute atomic E-state index is 13.9. The Morgan fingerprint density at radius 3 is 2.06 bits per heavy atom. The average Bonchev–Trinajstić information content (AvgIpc) is 2.85. The molecule has 1 heterocycles. The molecular weight excluding hydrogens is 476 g/mol. The summed E-state index contributed by atoms with van der Waals surface area (Å²) in [6.07, 6.45) is 0.367. The Morgan fingerprint density at radius 2 is 1.50 bits per heavy atom. The summed E-state index contributed by atoms with van der Waals surface area (Å²) >= 11 is 5.90. The van der Waals surface area contributed by atoms with Crippen LogP contribution >= 0.6 is 11.6 Å². The molecule has 178 valence electrons. The highest BCUT2D eigenvalue weighted by Crippen LogP contribution is 2.42. The molecule has 1 aliphatic heterocycles. The van der Waals surface area contributed by atoms with Gasteiger partial charge in [-0.25, -0.2) is 8.42 Å². The van der Waals surface area contributed by atoms with Gasteiger partial charge in [0.1, 0.15) is 11.5 Å². The van der Waals surface area contributed by atoms with Gasteiger partial charge in [-0.15, -0.1) is 0 Å². The van der Waals surface area contributed by atoms with Gasteiger partial charge in [-0.05, 0) is 73.4 Å². The van der Waals surface area contributed by atoms with Crippen LogP contribution in [-0.2, 0) is 25.8 Å². The number of ether oxygens (including phenoxy) is 2. The number of hydrogen-bond acceptors (Lipinski definition) is 5. The number of rotatable bonds is 8. The van der Waals surface area contributed by atoms with Crippen molar-refractivity contribution >= 4 is 27.4 Å². The smallest absolute Gasteiger partial charge is 0.311 e. The number of hydrogen-bond donors (Lipinski definition) is 1. The first kappa shape index (κ1) is 24.3. The van der Waals surface area contributed by atoms with Crippen molar-refractivity contribution in [1.29, 1.82) is 0 Å². The predicted octanol–water partition coefficient (Wildman–Crippen LogP) is 5.40. The molecule has 4 rings (SSSR count). The van der Waals surface area contributed by atoms with Gasteiger partial charge in [-0.3, -0.25) is 4.79 Å². The van der Waals surface area contributed by atoms with E-state index in [1.807, 2.05) is 30.3 Å². The fraction of sp³-hybridized carbons (Fsp3) is 0.269. The van der Waals surface area contributed by atoms with Crippen LogP contribution in [0, 0.1) is 5.41 Å². The quantitative estimate of drug-likeness (QED) is 0.445. The molecule has 0 amide bonds. The van der Waals surface area contributed by atoms with Crippen LogP contribution in [0.5, 0.6) is 11.5 Å². The van der Waals surface area contributed by atoms with E-state index in [0.717, 1.165) is 5.56 Å². The third-order valence-electron chi connectivity index (χ3n) is 6.27. The number of carbonyl (C=O) groups is 1. The minimum atomic E-state index is -4.01. The molecule has 1 saturated heterocycles. The Hall–Kier alpha value is -2.87. The Morgan fingerprint density at radius 1 is 0.941 bits per heavy atom. The Labute approximate surface area is 204 Å². The van der Waals surface area contributed by atoms with Gasteiger partial charge < -0.3 is 14.6 Å². The van der Waals surface area contributed by atoms with Crippen molar-refractivity contribution in [3.8, 4) is 11.5 Å². The van der Waals surface area contributed by atoms with Crippen LogP contribution in [0.25, 0.3) is 0 Å². The first-order valence-electron chi connectivity index (χ1n) is 10.9. The monoisotopic (exact) mass is 500 g/mol. The molecule has 0 aliphatic carbocycles. The third kappa shape index (κ3) is 5.12. The second kappa shape index (κ2) is 10.2. The summed E-state index contributed by atoms with van der Waals surface area (Å²) in [5.74, 6) is -0.0862. The molecule has 6 nitrogen and oxygen atoms in total. The summed E-state index contributed by atoms with van der Waals surface area (Å²) in [4.78, 5) is 12.6. The number of benzene rings is 3. The van der Waals surface area contributed by atoms with Crippen molar-refractivity contribution < 1.29 is 27.8 Å². The Balaban J connectivity index is 1.68. The van der Waals surface area contributed by atoms with E-state index in [0.29, 0.717) is 16.5 Å². The molecule has 0 bridgehead atoms. The van der Waals surface area contributed by atoms with Crippen LogP contribution in [0.15, 0.2) is 83.8 Å². The molecular formula is C26H25ClO6S. The molecule has 0 saturated carbocycles. The molecule has 1 aliphatic rings. The van der Waals surface area contributed by atoms with E-state index in [-0.39, 0.29) is 37.4 Å². The van der Waals surface area contributed by atoms with Crippen LogP contribution < -0.4 is 4.74 Å². The standard InChI is InChI=1S/C26H25ClO6S/c27-20-6-8-21(9-7-20)33-22-10-12-23(13-11-22)34(30,31)24(18-19-4-2-1-3-5-19)26(25(28)29)14-16-32-17-15-26/h1-13,24H,14-18H2,(H,28,29). The van der Waals surface area contributed by atoms with Gasteiger partial charge in [-0.2, -0.15) is 0 Å². The highest BCUT2D eigenvalue weighted by molar-refractivity contribution is 7.92. The zero-order chi connectivity index (χ0) is 24.2. The molecule has 3 aromatic carbocycles. The molecule has 1 N–H and O–H groups in total. The minimum absolute atomic E-state index is 0.0593. The summed E-state index contributed by atoms with van der Waals surface area (Å²) in [6.45, 7) is 0.419. The van der Waals surface area contributed by atoms with Crippen molar-refractivity contribution in [1.82, 2.24) is 0 Å². The van der Waals surface area contributed by atoms with Crippen LogP contribution in [0.4, 0.5) is 0 Å². The molecule has 0 spiro atoms. The van der Waals surface area contributed by atoms with Crippen molar-refractivity contribution in [2.45, 2.75) is 29.4 Å². The van der Waals surface area contributed by atoms with Gasteiger partial charge >= 0.3 is 5.97 Å². The number of sulfone groups is 1. The van der Waals surface area contributed by atoms with E-state index in [1.54, 1.807) is 36.4 Å². The number of halogens is 1. The number of aliphatic carboxylic acids is 1. The van der Waals surface area contributed by atoms with E-state index < -0.39 is 26.5 Å². The largest absolute Gasteiger partial charge is 0.481 e. The minimum Gasteiger partial charge on any atom is -0.481 e. The molecule has 0 aromatic heterocycles. The lowest BCUT2D eigenvalue weighted by molar-refractivity contribution is -0.155. The van der Waals surface area contributed by atoms with Gasteiger partial charge in [0.2, 0.25) is 0 Å². The van der Waals surface area contributed by atoms with Crippen LogP contribution in [0.2, 0.25) is 5.02 Å². The normalized spacial score (nSPS) is 16.5. The topological polar surface area (TPSA) is 89.9 Å². The Kier molecular flexibility index (Phi) is 7.26. The summed E-state index contributed by atoms with van der Waals surface area (Å²) < 4.78 is 38.9. The fourth-order valence-electron chi connectivity index (χ4n) is 4.34. The van der Waals surface area contributed by atoms with Crippen molar-refractivity contribution in [3.05, 3.63) is 89.4 Å². The first-order chi connectivity index (χ1) is 16.3. The van der Waals surface area contributed by atoms with E-state index in [1.165, 1.54) is 12.1 Å². The second-order valence-electron chi connectivity index (χ2n) is 8.32. The van der Waals surface area contributed by atoms with Crippen LogP contribution in [0.1, 0.15) is 18.4 Å². The highest BCUT2D eigenvalue weighted by Gasteiger charge is 2.52. The molecule has 1 fully saturated rings. The lowest BCUT2D eigenvalue weighted by atomic mass is 9.75. The molecule has 34 heavy (non-hydrogen) atoms. The van der Waals surface area contributed by atoms with Crippen LogP contribution in [0.3, 0.4) is 0 Å². The van der Waals surface area contributed by atoms with Crippen molar-refractivity contribution in [2.75, 3.05) is 13.2 Å². The zero-order valence-electron chi connectivity index (χ0n) is 18.4. The molecule has 1 atom stereocenters. The lowest BCUT2D eigenvalue weighted by Crippen LogP contribution is -2.51. The molecule has 0 radical (unpaired) electrons. The summed E-state index contributed by atoms with van der Waals surface area (Å²) in [7, 11) is -4.01. The summed E-state index contributed by atoms with van der Waals surface area (Å²) in [5, 5.41) is 9.66. The highest BCUT2D eigenvalue weighted by atomic mass is 35.5. The number of carboxylic acids is 1. The van der Waals surface area contributed by atoms with Gasteiger partial charge in [-0.1, -0.05) is 41.9 Å². The maximum Gasteiger partial charge on any atom is 0.311 e. The first-order valence-corrected chi connectivity index (χ1v) is 12.9.